The predicted octanol–water partition coefficient (Wildman–Crippen LogP) is 4.31. The molecule has 2 aromatic rings. The molecule has 0 aliphatic heterocycles. The second-order valence-electron chi connectivity index (χ2n) is 5.08. The third-order valence-corrected chi connectivity index (χ3v) is 3.80. The van der Waals surface area contributed by atoms with E-state index in [-0.39, 0.29) is 6.04 Å². The molecule has 4 heteroatoms. The maximum Gasteiger partial charge on any atom is 0.131 e. The Hall–Kier alpha value is -1.74. The lowest BCUT2D eigenvalue weighted by Gasteiger charge is -2.19. The highest BCUT2D eigenvalue weighted by Gasteiger charge is 2.32. The van der Waals surface area contributed by atoms with Gasteiger partial charge in [-0.1, -0.05) is 29.8 Å². The van der Waals surface area contributed by atoms with Gasteiger partial charge in [-0.25, -0.2) is 4.98 Å². The van der Waals surface area contributed by atoms with Gasteiger partial charge >= 0.3 is 0 Å². The van der Waals surface area contributed by atoms with Crippen LogP contribution in [0.2, 0.25) is 5.15 Å². The average molecular weight is 289 g/mol. The van der Waals surface area contributed by atoms with E-state index in [1.165, 1.54) is 18.4 Å². The van der Waals surface area contributed by atoms with Crippen molar-refractivity contribution in [1.82, 2.24) is 4.98 Å². The number of benzene rings is 1. The van der Waals surface area contributed by atoms with Gasteiger partial charge in [0.15, 0.2) is 0 Å². The summed E-state index contributed by atoms with van der Waals surface area (Å²) >= 11 is 5.94. The summed E-state index contributed by atoms with van der Waals surface area (Å²) in [5.41, 5.74) is 1.26. The van der Waals surface area contributed by atoms with E-state index in [0.717, 1.165) is 11.6 Å². The number of nitrogens with one attached hydrogen (secondary N) is 1. The van der Waals surface area contributed by atoms with Gasteiger partial charge in [-0.2, -0.15) is 0 Å². The number of anilines is 1. The van der Waals surface area contributed by atoms with Crippen molar-refractivity contribution in [1.29, 1.82) is 0 Å². The Morgan fingerprint density at radius 1 is 1.20 bits per heavy atom. The number of pyridine rings is 1. The summed E-state index contributed by atoms with van der Waals surface area (Å²) in [6.45, 7) is 0. The van der Waals surface area contributed by atoms with Crippen LogP contribution in [0.4, 0.5) is 5.82 Å². The molecule has 1 aliphatic carbocycles. The summed E-state index contributed by atoms with van der Waals surface area (Å²) in [5, 5.41) is 4.01. The molecule has 0 bridgehead atoms. The lowest BCUT2D eigenvalue weighted by atomic mass is 10.0. The quantitative estimate of drug-likeness (QED) is 0.833. The molecular weight excluding hydrogens is 272 g/mol. The summed E-state index contributed by atoms with van der Waals surface area (Å²) in [6, 6.07) is 14.1. The Morgan fingerprint density at radius 2 is 1.95 bits per heavy atom. The third kappa shape index (κ3) is 3.05. The number of halogens is 1. The smallest absolute Gasteiger partial charge is 0.131 e. The molecule has 0 radical (unpaired) electrons. The minimum Gasteiger partial charge on any atom is -0.497 e. The number of aromatic nitrogens is 1. The summed E-state index contributed by atoms with van der Waals surface area (Å²) in [6.07, 6.45) is 2.51. The Morgan fingerprint density at radius 3 is 2.55 bits per heavy atom. The van der Waals surface area contributed by atoms with E-state index in [4.69, 9.17) is 16.3 Å². The van der Waals surface area contributed by atoms with E-state index in [1.807, 2.05) is 24.3 Å². The Balaban J connectivity index is 1.81. The van der Waals surface area contributed by atoms with Crippen molar-refractivity contribution in [3.8, 4) is 5.75 Å². The Labute approximate surface area is 123 Å². The normalized spacial score (nSPS) is 15.7. The molecule has 0 saturated heterocycles. The monoisotopic (exact) mass is 288 g/mol. The highest BCUT2D eigenvalue weighted by Crippen LogP contribution is 2.43. The van der Waals surface area contributed by atoms with Gasteiger partial charge in [-0.15, -0.1) is 0 Å². The number of hydrogen-bond donors (Lipinski definition) is 1. The summed E-state index contributed by atoms with van der Waals surface area (Å²) in [4.78, 5) is 4.31. The van der Waals surface area contributed by atoms with Crippen molar-refractivity contribution in [2.75, 3.05) is 12.4 Å². The molecule has 1 saturated carbocycles. The Kier molecular flexibility index (Phi) is 3.79. The second-order valence-corrected chi connectivity index (χ2v) is 5.47. The first-order valence-electron chi connectivity index (χ1n) is 6.79. The fourth-order valence-electron chi connectivity index (χ4n) is 2.36. The van der Waals surface area contributed by atoms with Gasteiger partial charge in [0.05, 0.1) is 13.2 Å². The van der Waals surface area contributed by atoms with Crippen molar-refractivity contribution in [3.05, 3.63) is 53.2 Å². The molecule has 1 unspecified atom stereocenters. The zero-order valence-corrected chi connectivity index (χ0v) is 12.1. The van der Waals surface area contributed by atoms with Crippen molar-refractivity contribution in [2.45, 2.75) is 18.9 Å². The average Bonchev–Trinajstić information content (AvgIpc) is 3.30. The van der Waals surface area contributed by atoms with Crippen LogP contribution >= 0.6 is 11.6 Å². The molecule has 1 fully saturated rings. The molecule has 1 aromatic heterocycles. The van der Waals surface area contributed by atoms with Gasteiger partial charge < -0.3 is 10.1 Å². The number of nitrogens with zero attached hydrogens (tertiary/aromatic N) is 1. The maximum absolute atomic E-state index is 5.94. The van der Waals surface area contributed by atoms with E-state index < -0.39 is 0 Å². The molecule has 3 nitrogen and oxygen atoms in total. The highest BCUT2D eigenvalue weighted by molar-refractivity contribution is 6.29. The lowest BCUT2D eigenvalue weighted by Crippen LogP contribution is -2.13. The zero-order chi connectivity index (χ0) is 13.9. The van der Waals surface area contributed by atoms with Crippen LogP contribution in [0.25, 0.3) is 0 Å². The van der Waals surface area contributed by atoms with Crippen LogP contribution in [0.15, 0.2) is 42.5 Å². The molecule has 0 amide bonds. The minimum absolute atomic E-state index is 0.284. The van der Waals surface area contributed by atoms with Gasteiger partial charge in [0.25, 0.3) is 0 Å². The number of rotatable bonds is 5. The molecule has 1 N–H and O–H groups in total. The fraction of sp³-hybridized carbons (Fsp3) is 0.312. The molecule has 1 aliphatic rings. The second kappa shape index (κ2) is 5.71. The van der Waals surface area contributed by atoms with E-state index in [9.17, 15) is 0 Å². The van der Waals surface area contributed by atoms with Crippen molar-refractivity contribution < 1.29 is 4.74 Å². The molecule has 0 spiro atoms. The molecule has 20 heavy (non-hydrogen) atoms. The summed E-state index contributed by atoms with van der Waals surface area (Å²) in [7, 11) is 1.68. The van der Waals surface area contributed by atoms with Crippen LogP contribution in [0, 0.1) is 5.92 Å². The minimum atomic E-state index is 0.284. The molecular formula is C16H17ClN2O. The third-order valence-electron chi connectivity index (χ3n) is 3.59. The summed E-state index contributed by atoms with van der Waals surface area (Å²) < 4.78 is 5.21. The predicted molar refractivity (Wildman–Crippen MR) is 81.3 cm³/mol. The number of ether oxygens (including phenoxy) is 1. The lowest BCUT2D eigenvalue weighted by molar-refractivity contribution is 0.414. The standard InChI is InChI=1S/C16H17ClN2O/c1-20-13-9-7-12(8-10-13)16(11-5-6-11)19-15-4-2-3-14(17)18-15/h2-4,7-11,16H,5-6H2,1H3,(H,18,19). The highest BCUT2D eigenvalue weighted by atomic mass is 35.5. The molecule has 1 heterocycles. The van der Waals surface area contributed by atoms with Crippen LogP contribution in [0.3, 0.4) is 0 Å². The van der Waals surface area contributed by atoms with Crippen LogP contribution in [0.5, 0.6) is 5.75 Å². The van der Waals surface area contributed by atoms with Crippen LogP contribution in [-0.4, -0.2) is 12.1 Å². The van der Waals surface area contributed by atoms with Gasteiger partial charge in [0, 0.05) is 0 Å². The van der Waals surface area contributed by atoms with E-state index in [0.29, 0.717) is 11.1 Å². The molecule has 1 atom stereocenters. The maximum atomic E-state index is 5.94. The topological polar surface area (TPSA) is 34.1 Å². The van der Waals surface area contributed by atoms with Crippen LogP contribution in [-0.2, 0) is 0 Å². The van der Waals surface area contributed by atoms with Crippen molar-refractivity contribution in [3.63, 3.8) is 0 Å². The van der Waals surface area contributed by atoms with Crippen LogP contribution in [0.1, 0.15) is 24.4 Å². The SMILES string of the molecule is COc1ccc(C(Nc2cccc(Cl)n2)C2CC2)cc1. The first-order valence-corrected chi connectivity index (χ1v) is 7.17. The number of hydrogen-bond acceptors (Lipinski definition) is 3. The van der Waals surface area contributed by atoms with E-state index in [1.54, 1.807) is 13.2 Å². The van der Waals surface area contributed by atoms with E-state index >= 15 is 0 Å². The van der Waals surface area contributed by atoms with Crippen molar-refractivity contribution in [2.24, 2.45) is 5.92 Å². The number of methoxy groups -OCH3 is 1. The van der Waals surface area contributed by atoms with Crippen molar-refractivity contribution >= 4 is 17.4 Å². The fourth-order valence-corrected chi connectivity index (χ4v) is 2.53. The van der Waals surface area contributed by atoms with E-state index in [2.05, 4.69) is 22.4 Å². The van der Waals surface area contributed by atoms with Gasteiger partial charge in [-0.3, -0.25) is 0 Å². The first kappa shape index (κ1) is 13.3. The zero-order valence-electron chi connectivity index (χ0n) is 11.3. The first-order chi connectivity index (χ1) is 9.76. The molecule has 104 valence electrons. The summed E-state index contributed by atoms with van der Waals surface area (Å²) in [5.74, 6) is 2.37. The van der Waals surface area contributed by atoms with Crippen LogP contribution < -0.4 is 10.1 Å². The van der Waals surface area contributed by atoms with Gasteiger partial charge in [0.1, 0.15) is 16.7 Å². The largest absolute Gasteiger partial charge is 0.497 e. The molecule has 1 aromatic carbocycles. The van der Waals surface area contributed by atoms with Gasteiger partial charge in [-0.05, 0) is 48.6 Å². The van der Waals surface area contributed by atoms with Gasteiger partial charge in [0.2, 0.25) is 0 Å². The Bertz CT molecular complexity index is 581. The molecule has 3 rings (SSSR count).